The van der Waals surface area contributed by atoms with Crippen LogP contribution in [0, 0.1) is 0 Å². The van der Waals surface area contributed by atoms with Gasteiger partial charge in [0.25, 0.3) is 21.8 Å². The minimum Gasteiger partial charge on any atom is -0.369 e. The fraction of sp³-hybridized carbons (Fsp3) is 0.118. The molecule has 30 heavy (non-hydrogen) atoms. The Hall–Kier alpha value is -4.00. The third kappa shape index (κ3) is 4.35. The Balaban J connectivity index is 1.75. The van der Waals surface area contributed by atoms with E-state index in [9.17, 15) is 18.0 Å². The first-order valence-electron chi connectivity index (χ1n) is 8.39. The van der Waals surface area contributed by atoms with Crippen LogP contribution in [-0.4, -0.2) is 47.9 Å². The molecule has 1 atom stereocenters. The first kappa shape index (κ1) is 20.7. The van der Waals surface area contributed by atoms with Crippen molar-refractivity contribution in [3.63, 3.8) is 0 Å². The van der Waals surface area contributed by atoms with Gasteiger partial charge in [0, 0.05) is 12.4 Å². The highest BCUT2D eigenvalue weighted by molar-refractivity contribution is 7.90. The lowest BCUT2D eigenvalue weighted by atomic mass is 10.2. The van der Waals surface area contributed by atoms with Gasteiger partial charge in [-0.2, -0.15) is 28.8 Å². The number of azo groups is 1. The van der Waals surface area contributed by atoms with Crippen molar-refractivity contribution >= 4 is 39.2 Å². The lowest BCUT2D eigenvalue weighted by molar-refractivity contribution is -0.127. The number of pyridine rings is 1. The van der Waals surface area contributed by atoms with Crippen molar-refractivity contribution in [1.82, 2.24) is 9.99 Å². The number of imide groups is 1. The maximum absolute atomic E-state index is 12.5. The number of aromatic nitrogens is 1. The fourth-order valence-electron chi connectivity index (χ4n) is 2.45. The third-order valence-corrected chi connectivity index (χ3v) is 5.16. The summed E-state index contributed by atoms with van der Waals surface area (Å²) < 4.78 is 27.0. The highest BCUT2D eigenvalue weighted by Gasteiger charge is 2.38. The second-order valence-electron chi connectivity index (χ2n) is 6.04. The zero-order valence-electron chi connectivity index (χ0n) is 15.6. The van der Waals surface area contributed by atoms with Crippen molar-refractivity contribution in [2.24, 2.45) is 31.2 Å². The van der Waals surface area contributed by atoms with E-state index >= 15 is 0 Å². The number of benzene rings is 1. The second kappa shape index (κ2) is 8.16. The molecule has 1 aromatic heterocycles. The summed E-state index contributed by atoms with van der Waals surface area (Å²) in [6.45, 7) is 1.54. The lowest BCUT2D eigenvalue weighted by Gasteiger charge is -2.10. The van der Waals surface area contributed by atoms with Gasteiger partial charge in [0.05, 0.1) is 21.9 Å². The van der Waals surface area contributed by atoms with Crippen LogP contribution in [0.4, 0.5) is 5.69 Å². The molecule has 2 heterocycles. The number of guanidine groups is 1. The molecule has 2 aromatic rings. The Labute approximate surface area is 171 Å². The summed E-state index contributed by atoms with van der Waals surface area (Å²) in [6.07, 6.45) is 2.83. The summed E-state index contributed by atoms with van der Waals surface area (Å²) in [5, 5.41) is 12.6. The van der Waals surface area contributed by atoms with E-state index in [-0.39, 0.29) is 21.9 Å². The number of amides is 2. The Morgan fingerprint density at radius 2 is 1.87 bits per heavy atom. The molecule has 12 nitrogen and oxygen atoms in total. The lowest BCUT2D eigenvalue weighted by Crippen LogP contribution is -2.34. The quantitative estimate of drug-likeness (QED) is 0.301. The first-order valence-corrected chi connectivity index (χ1v) is 9.83. The van der Waals surface area contributed by atoms with E-state index in [2.05, 4.69) is 24.7 Å². The average Bonchev–Trinajstić information content (AvgIpc) is 2.99. The number of hydrazone groups is 1. The fourth-order valence-corrected chi connectivity index (χ4v) is 3.31. The van der Waals surface area contributed by atoms with Crippen molar-refractivity contribution in [3.8, 4) is 0 Å². The monoisotopic (exact) mass is 428 g/mol. The molecule has 0 saturated heterocycles. The van der Waals surface area contributed by atoms with Gasteiger partial charge in [-0.1, -0.05) is 0 Å². The predicted octanol–water partition coefficient (Wildman–Crippen LogP) is 0.554. The van der Waals surface area contributed by atoms with Crippen molar-refractivity contribution < 1.29 is 18.0 Å². The summed E-state index contributed by atoms with van der Waals surface area (Å²) in [4.78, 5) is 28.7. The van der Waals surface area contributed by atoms with Crippen LogP contribution in [0.15, 0.2) is 73.4 Å². The molecule has 2 amide bonds. The smallest absolute Gasteiger partial charge is 0.285 e. The molecule has 3 rings (SSSR count). The summed E-state index contributed by atoms with van der Waals surface area (Å²) in [5.41, 5.74) is 11.0. The summed E-state index contributed by atoms with van der Waals surface area (Å²) >= 11 is 0. The van der Waals surface area contributed by atoms with Crippen molar-refractivity contribution in [3.05, 3.63) is 54.4 Å². The maximum atomic E-state index is 12.5. The molecule has 0 fully saturated rings. The number of hydrogen-bond donors (Lipinski definition) is 2. The van der Waals surface area contributed by atoms with Crippen LogP contribution in [0.25, 0.3) is 0 Å². The number of nitrogens with two attached hydrogens (primary N) is 2. The van der Waals surface area contributed by atoms with Crippen molar-refractivity contribution in [1.29, 1.82) is 0 Å². The number of carbonyl (C=O) groups is 2. The first-order chi connectivity index (χ1) is 14.2. The van der Waals surface area contributed by atoms with Gasteiger partial charge in [-0.15, -0.1) is 4.40 Å². The topological polar surface area (TPSA) is 186 Å². The molecular weight excluding hydrogens is 412 g/mol. The van der Waals surface area contributed by atoms with E-state index in [1.807, 2.05) is 0 Å². The van der Waals surface area contributed by atoms with Crippen LogP contribution in [0.5, 0.6) is 0 Å². The van der Waals surface area contributed by atoms with E-state index in [0.29, 0.717) is 0 Å². The molecule has 154 valence electrons. The summed E-state index contributed by atoms with van der Waals surface area (Å²) in [5.74, 6) is -1.87. The molecule has 0 saturated carbocycles. The Bertz CT molecular complexity index is 1170. The minimum absolute atomic E-state index is 0.141. The van der Waals surface area contributed by atoms with Gasteiger partial charge in [0.1, 0.15) is 0 Å². The van der Waals surface area contributed by atoms with Gasteiger partial charge in [-0.05, 0) is 43.3 Å². The average molecular weight is 428 g/mol. The second-order valence-corrected chi connectivity index (χ2v) is 7.65. The molecule has 13 heteroatoms. The predicted molar refractivity (Wildman–Crippen MR) is 106 cm³/mol. The highest BCUT2D eigenvalue weighted by atomic mass is 32.2. The van der Waals surface area contributed by atoms with E-state index in [1.165, 1.54) is 42.7 Å². The Kier molecular flexibility index (Phi) is 5.64. The SMILES string of the molecule is CC1=NN(C(=O)c2cccnc2)C(=O)[C@@H]1N=Nc1ccc(S(=O)(=O)N=C(N)N)cc1. The molecule has 1 aliphatic heterocycles. The molecule has 0 spiro atoms. The normalized spacial score (nSPS) is 16.6. The molecule has 1 aromatic carbocycles. The summed E-state index contributed by atoms with van der Waals surface area (Å²) in [7, 11) is -4.02. The van der Waals surface area contributed by atoms with Crippen LogP contribution >= 0.6 is 0 Å². The van der Waals surface area contributed by atoms with Gasteiger partial charge < -0.3 is 11.5 Å². The van der Waals surface area contributed by atoms with Crippen molar-refractivity contribution in [2.75, 3.05) is 0 Å². The van der Waals surface area contributed by atoms with E-state index in [0.717, 1.165) is 5.01 Å². The maximum Gasteiger partial charge on any atom is 0.285 e. The van der Waals surface area contributed by atoms with Gasteiger partial charge in [0.15, 0.2) is 6.04 Å². The summed E-state index contributed by atoms with van der Waals surface area (Å²) in [6, 6.07) is 7.22. The van der Waals surface area contributed by atoms with Crippen LogP contribution in [0.2, 0.25) is 0 Å². The zero-order valence-corrected chi connectivity index (χ0v) is 16.4. The van der Waals surface area contributed by atoms with E-state index < -0.39 is 33.8 Å². The van der Waals surface area contributed by atoms with Crippen molar-refractivity contribution in [2.45, 2.75) is 17.9 Å². The van der Waals surface area contributed by atoms with E-state index in [1.54, 1.807) is 13.0 Å². The highest BCUT2D eigenvalue weighted by Crippen LogP contribution is 2.21. The molecular formula is C17H16N8O4S. The Morgan fingerprint density at radius 1 is 1.17 bits per heavy atom. The van der Waals surface area contributed by atoms with Crippen LogP contribution in [-0.2, 0) is 14.8 Å². The standard InChI is InChI=1S/C17H16N8O4S/c1-10-14(16(27)25(23-10)15(26)11-3-2-8-20-9-11)22-21-12-4-6-13(7-5-12)30(28,29)24-17(18)19/h2-9,14H,1H3,(H4,18,19,24)/t14-/m1/s1. The molecule has 0 bridgehead atoms. The zero-order chi connectivity index (χ0) is 21.9. The molecule has 0 radical (unpaired) electrons. The van der Waals surface area contributed by atoms with Gasteiger partial charge >= 0.3 is 0 Å². The molecule has 4 N–H and O–H groups in total. The molecule has 1 aliphatic rings. The third-order valence-electron chi connectivity index (χ3n) is 3.85. The van der Waals surface area contributed by atoms with Crippen LogP contribution in [0.1, 0.15) is 17.3 Å². The van der Waals surface area contributed by atoms with Crippen LogP contribution in [0.3, 0.4) is 0 Å². The molecule has 0 unspecified atom stereocenters. The van der Waals surface area contributed by atoms with Gasteiger partial charge in [-0.25, -0.2) is 0 Å². The number of hydrogen-bond acceptors (Lipinski definition) is 8. The Morgan fingerprint density at radius 3 is 2.47 bits per heavy atom. The molecule has 0 aliphatic carbocycles. The van der Waals surface area contributed by atoms with Crippen LogP contribution < -0.4 is 11.5 Å². The number of carbonyl (C=O) groups excluding carboxylic acids is 2. The number of nitrogens with zero attached hydrogens (tertiary/aromatic N) is 6. The van der Waals surface area contributed by atoms with Gasteiger partial charge in [-0.3, -0.25) is 14.6 Å². The van der Waals surface area contributed by atoms with Gasteiger partial charge in [0.2, 0.25) is 5.96 Å². The number of rotatable bonds is 5. The number of sulfonamides is 1. The minimum atomic E-state index is -4.02. The van der Waals surface area contributed by atoms with E-state index in [4.69, 9.17) is 11.5 Å². The largest absolute Gasteiger partial charge is 0.369 e.